The Hall–Kier alpha value is -3.27. The summed E-state index contributed by atoms with van der Waals surface area (Å²) in [6.07, 6.45) is -0.442. The number of alkyl carbamates (subject to hydrolysis) is 1. The molecule has 3 aromatic carbocycles. The van der Waals surface area contributed by atoms with E-state index in [2.05, 4.69) is 5.32 Å². The number of ether oxygens (including phenoxy) is 2. The molecule has 0 fully saturated rings. The van der Waals surface area contributed by atoms with E-state index in [0.29, 0.717) is 6.54 Å². The number of hydrogen-bond acceptors (Lipinski definition) is 3. The Bertz CT molecular complexity index is 848. The molecule has 0 aliphatic heterocycles. The summed E-state index contributed by atoms with van der Waals surface area (Å²) in [5.41, 5.74) is 2.89. The van der Waals surface area contributed by atoms with Crippen molar-refractivity contribution in [3.8, 4) is 11.5 Å². The molecule has 132 valence electrons. The third-order valence-corrected chi connectivity index (χ3v) is 4.01. The minimum atomic E-state index is -0.442. The third-order valence-electron chi connectivity index (χ3n) is 4.01. The van der Waals surface area contributed by atoms with Crippen molar-refractivity contribution in [1.82, 2.24) is 5.32 Å². The normalized spacial score (nSPS) is 10.2. The number of carbonyl (C=O) groups is 1. The molecular weight excluding hydrogens is 326 g/mol. The second kappa shape index (κ2) is 8.72. The summed E-state index contributed by atoms with van der Waals surface area (Å²) in [5, 5.41) is 2.75. The molecule has 1 N–H and O–H groups in total. The van der Waals surface area contributed by atoms with E-state index in [0.717, 1.165) is 28.2 Å². The topological polar surface area (TPSA) is 47.6 Å². The zero-order valence-corrected chi connectivity index (χ0v) is 14.6. The lowest BCUT2D eigenvalue weighted by molar-refractivity contribution is 0.139. The first-order chi connectivity index (χ1) is 12.7. The van der Waals surface area contributed by atoms with Crippen LogP contribution in [0.25, 0.3) is 0 Å². The summed E-state index contributed by atoms with van der Waals surface area (Å²) >= 11 is 0. The second-order valence-corrected chi connectivity index (χ2v) is 5.87. The van der Waals surface area contributed by atoms with Crippen LogP contribution in [-0.2, 0) is 17.9 Å². The van der Waals surface area contributed by atoms with Gasteiger partial charge in [-0.25, -0.2) is 4.79 Å². The van der Waals surface area contributed by atoms with Gasteiger partial charge in [-0.1, -0.05) is 60.7 Å². The number of para-hydroxylation sites is 1. The molecule has 26 heavy (non-hydrogen) atoms. The van der Waals surface area contributed by atoms with Crippen molar-refractivity contribution in [2.75, 3.05) is 0 Å². The lowest BCUT2D eigenvalue weighted by atomic mass is 10.1. The minimum absolute atomic E-state index is 0.193. The van der Waals surface area contributed by atoms with Gasteiger partial charge in [-0.3, -0.25) is 0 Å². The zero-order chi connectivity index (χ0) is 18.2. The Kier molecular flexibility index (Phi) is 5.88. The lowest BCUT2D eigenvalue weighted by Crippen LogP contribution is -2.23. The Morgan fingerprint density at radius 2 is 1.58 bits per heavy atom. The van der Waals surface area contributed by atoms with Crippen LogP contribution in [-0.4, -0.2) is 6.09 Å². The summed E-state index contributed by atoms with van der Waals surface area (Å²) in [5.74, 6) is 1.52. The lowest BCUT2D eigenvalue weighted by Gasteiger charge is -2.13. The van der Waals surface area contributed by atoms with E-state index in [-0.39, 0.29) is 6.61 Å². The van der Waals surface area contributed by atoms with Gasteiger partial charge in [-0.15, -0.1) is 0 Å². The monoisotopic (exact) mass is 347 g/mol. The van der Waals surface area contributed by atoms with Crippen LogP contribution in [0.2, 0.25) is 0 Å². The molecule has 0 spiro atoms. The van der Waals surface area contributed by atoms with Gasteiger partial charge in [0.25, 0.3) is 0 Å². The fourth-order valence-electron chi connectivity index (χ4n) is 2.51. The molecule has 3 rings (SSSR count). The van der Waals surface area contributed by atoms with Crippen molar-refractivity contribution < 1.29 is 14.3 Å². The molecule has 0 radical (unpaired) electrons. The van der Waals surface area contributed by atoms with Gasteiger partial charge in [0.2, 0.25) is 0 Å². The Labute approximate surface area is 153 Å². The second-order valence-electron chi connectivity index (χ2n) is 5.87. The van der Waals surface area contributed by atoms with Crippen LogP contribution in [0.5, 0.6) is 11.5 Å². The van der Waals surface area contributed by atoms with Gasteiger partial charge in [-0.05, 0) is 41.8 Å². The minimum Gasteiger partial charge on any atom is -0.457 e. The number of hydrogen-bond donors (Lipinski definition) is 1. The maximum absolute atomic E-state index is 11.9. The van der Waals surface area contributed by atoms with E-state index in [9.17, 15) is 4.79 Å². The largest absolute Gasteiger partial charge is 0.457 e. The standard InChI is InChI=1S/C22H21NO3/c1-17-19(11-8-14-21(17)26-20-12-6-3-7-13-20)16-25-22(24)23-15-18-9-4-2-5-10-18/h2-14H,15-16H2,1H3,(H,23,24). The molecule has 4 nitrogen and oxygen atoms in total. The quantitative estimate of drug-likeness (QED) is 0.665. The van der Waals surface area contributed by atoms with Gasteiger partial charge < -0.3 is 14.8 Å². The smallest absolute Gasteiger partial charge is 0.407 e. The van der Waals surface area contributed by atoms with E-state index < -0.39 is 6.09 Å². The maximum atomic E-state index is 11.9. The van der Waals surface area contributed by atoms with E-state index in [1.807, 2.05) is 85.8 Å². The van der Waals surface area contributed by atoms with Crippen molar-refractivity contribution in [3.05, 3.63) is 95.6 Å². The Morgan fingerprint density at radius 1 is 0.885 bits per heavy atom. The molecule has 0 aromatic heterocycles. The van der Waals surface area contributed by atoms with Crippen LogP contribution in [0.4, 0.5) is 4.79 Å². The van der Waals surface area contributed by atoms with Crippen LogP contribution in [0.1, 0.15) is 16.7 Å². The number of carbonyl (C=O) groups excluding carboxylic acids is 1. The molecule has 0 aliphatic carbocycles. The molecule has 0 atom stereocenters. The van der Waals surface area contributed by atoms with Crippen molar-refractivity contribution in [1.29, 1.82) is 0 Å². The van der Waals surface area contributed by atoms with Gasteiger partial charge >= 0.3 is 6.09 Å². The van der Waals surface area contributed by atoms with Crippen LogP contribution >= 0.6 is 0 Å². The van der Waals surface area contributed by atoms with E-state index in [1.54, 1.807) is 0 Å². The highest BCUT2D eigenvalue weighted by Gasteiger charge is 2.09. The SMILES string of the molecule is Cc1c(COC(=O)NCc2ccccc2)cccc1Oc1ccccc1. The number of benzene rings is 3. The average molecular weight is 347 g/mol. The van der Waals surface area contributed by atoms with Crippen LogP contribution in [0.15, 0.2) is 78.9 Å². The summed E-state index contributed by atoms with van der Waals surface area (Å²) in [6, 6.07) is 25.0. The number of nitrogens with one attached hydrogen (secondary N) is 1. The highest BCUT2D eigenvalue weighted by Crippen LogP contribution is 2.27. The molecule has 0 aliphatic rings. The van der Waals surface area contributed by atoms with Crippen molar-refractivity contribution >= 4 is 6.09 Å². The summed E-state index contributed by atoms with van der Waals surface area (Å²) in [4.78, 5) is 11.9. The first kappa shape index (κ1) is 17.5. The van der Waals surface area contributed by atoms with Crippen LogP contribution in [0.3, 0.4) is 0 Å². The highest BCUT2D eigenvalue weighted by atomic mass is 16.5. The predicted octanol–water partition coefficient (Wildman–Crippen LogP) is 5.21. The predicted molar refractivity (Wildman–Crippen MR) is 101 cm³/mol. The van der Waals surface area contributed by atoms with E-state index in [4.69, 9.17) is 9.47 Å². The van der Waals surface area contributed by atoms with Crippen molar-refractivity contribution in [2.24, 2.45) is 0 Å². The first-order valence-electron chi connectivity index (χ1n) is 8.48. The summed E-state index contributed by atoms with van der Waals surface area (Å²) in [7, 11) is 0. The fourth-order valence-corrected chi connectivity index (χ4v) is 2.51. The maximum Gasteiger partial charge on any atom is 0.407 e. The van der Waals surface area contributed by atoms with Crippen LogP contribution < -0.4 is 10.1 Å². The Balaban J connectivity index is 1.56. The van der Waals surface area contributed by atoms with Gasteiger partial charge in [0.05, 0.1) is 0 Å². The summed E-state index contributed by atoms with van der Waals surface area (Å²) in [6.45, 7) is 2.59. The van der Waals surface area contributed by atoms with Gasteiger partial charge in [0.15, 0.2) is 0 Å². The van der Waals surface area contributed by atoms with E-state index in [1.165, 1.54) is 0 Å². The van der Waals surface area contributed by atoms with Gasteiger partial charge in [-0.2, -0.15) is 0 Å². The molecule has 0 heterocycles. The molecule has 0 saturated carbocycles. The first-order valence-corrected chi connectivity index (χ1v) is 8.48. The molecule has 3 aromatic rings. The Morgan fingerprint density at radius 3 is 2.31 bits per heavy atom. The molecule has 0 bridgehead atoms. The number of rotatable bonds is 6. The third kappa shape index (κ3) is 4.86. The molecule has 1 amide bonds. The highest BCUT2D eigenvalue weighted by molar-refractivity contribution is 5.67. The molecule has 0 unspecified atom stereocenters. The van der Waals surface area contributed by atoms with Crippen LogP contribution in [0, 0.1) is 6.92 Å². The average Bonchev–Trinajstić information content (AvgIpc) is 2.69. The summed E-state index contributed by atoms with van der Waals surface area (Å²) < 4.78 is 11.2. The van der Waals surface area contributed by atoms with Crippen molar-refractivity contribution in [2.45, 2.75) is 20.1 Å². The number of amides is 1. The van der Waals surface area contributed by atoms with Crippen molar-refractivity contribution in [3.63, 3.8) is 0 Å². The molecule has 4 heteroatoms. The van der Waals surface area contributed by atoms with Gasteiger partial charge in [0.1, 0.15) is 18.1 Å². The van der Waals surface area contributed by atoms with Gasteiger partial charge in [0, 0.05) is 6.54 Å². The molecular formula is C22H21NO3. The molecule has 0 saturated heterocycles. The fraction of sp³-hybridized carbons (Fsp3) is 0.136. The zero-order valence-electron chi connectivity index (χ0n) is 14.6. The van der Waals surface area contributed by atoms with E-state index >= 15 is 0 Å².